The quantitative estimate of drug-likeness (QED) is 0.153. The minimum Gasteiger partial charge on any atom is -0.476 e. The summed E-state index contributed by atoms with van der Waals surface area (Å²) in [4.78, 5) is 39.1. The highest BCUT2D eigenvalue weighted by Gasteiger charge is 2.31. The molecule has 0 saturated carbocycles. The van der Waals surface area contributed by atoms with Crippen LogP contribution in [0, 0.1) is 10.1 Å². The average Bonchev–Trinajstić information content (AvgIpc) is 2.73. The first-order valence-corrected chi connectivity index (χ1v) is 10.1. The van der Waals surface area contributed by atoms with Gasteiger partial charge in [-0.05, 0) is 81.6 Å². The van der Waals surface area contributed by atoms with Crippen molar-refractivity contribution in [1.29, 1.82) is 0 Å². The van der Waals surface area contributed by atoms with Gasteiger partial charge in [0.05, 0.1) is 13.2 Å². The van der Waals surface area contributed by atoms with Crippen molar-refractivity contribution in [1.82, 2.24) is 0 Å². The fraction of sp³-hybridized carbons (Fsp3) is 0.364. The first-order chi connectivity index (χ1) is 14.7. The van der Waals surface area contributed by atoms with Crippen LogP contribution < -0.4 is 4.74 Å². The average molecular weight is 450 g/mol. The van der Waals surface area contributed by atoms with Crippen LogP contribution in [0.3, 0.4) is 0 Å². The molecule has 0 fully saturated rings. The molecule has 2 rings (SSSR count). The molecular weight excluding hydrogens is 426 g/mol. The predicted molar refractivity (Wildman–Crippen MR) is 114 cm³/mol. The van der Waals surface area contributed by atoms with E-state index in [2.05, 4.69) is 4.84 Å². The van der Waals surface area contributed by atoms with Crippen molar-refractivity contribution in [3.63, 3.8) is 0 Å². The molecule has 166 valence electrons. The minimum absolute atomic E-state index is 0.0199. The van der Waals surface area contributed by atoms with Gasteiger partial charge in [-0.15, -0.1) is 10.1 Å². The van der Waals surface area contributed by atoms with E-state index in [1.807, 2.05) is 0 Å². The molecule has 0 heterocycles. The summed E-state index contributed by atoms with van der Waals surface area (Å²) in [5.41, 5.74) is -0.223. The minimum atomic E-state index is -1.23. The van der Waals surface area contributed by atoms with Gasteiger partial charge in [0.15, 0.2) is 11.4 Å². The number of ketones is 1. The summed E-state index contributed by atoms with van der Waals surface area (Å²) < 4.78 is 11.0. The van der Waals surface area contributed by atoms with Crippen LogP contribution in [0.25, 0.3) is 0 Å². The van der Waals surface area contributed by atoms with Crippen LogP contribution in [0.15, 0.2) is 48.5 Å². The third kappa shape index (κ3) is 7.90. The topological polar surface area (TPSA) is 105 Å². The van der Waals surface area contributed by atoms with Gasteiger partial charge < -0.3 is 14.3 Å². The van der Waals surface area contributed by atoms with Gasteiger partial charge in [0, 0.05) is 16.1 Å². The largest absolute Gasteiger partial charge is 0.476 e. The molecule has 0 atom stereocenters. The first kappa shape index (κ1) is 24.1. The molecule has 2 aromatic carbocycles. The molecule has 0 bridgehead atoms. The van der Waals surface area contributed by atoms with E-state index in [4.69, 9.17) is 21.1 Å². The highest BCUT2D eigenvalue weighted by molar-refractivity contribution is 6.30. The molecule has 0 amide bonds. The maximum atomic E-state index is 12.5. The molecule has 0 unspecified atom stereocenters. The van der Waals surface area contributed by atoms with E-state index in [0.29, 0.717) is 41.2 Å². The number of esters is 1. The third-order valence-electron chi connectivity index (χ3n) is 4.31. The van der Waals surface area contributed by atoms with E-state index in [1.165, 1.54) is 0 Å². The maximum Gasteiger partial charge on any atom is 0.349 e. The molecule has 9 heteroatoms. The van der Waals surface area contributed by atoms with E-state index < -0.39 is 16.7 Å². The van der Waals surface area contributed by atoms with Gasteiger partial charge in [-0.2, -0.15) is 0 Å². The molecule has 0 aliphatic heterocycles. The predicted octanol–water partition coefficient (Wildman–Crippen LogP) is 4.65. The second-order valence-corrected chi connectivity index (χ2v) is 7.66. The maximum absolute atomic E-state index is 12.5. The number of carbonyl (C=O) groups excluding carboxylic acids is 2. The zero-order valence-electron chi connectivity index (χ0n) is 17.3. The summed E-state index contributed by atoms with van der Waals surface area (Å²) in [6.07, 6.45) is 1.69. The highest BCUT2D eigenvalue weighted by Crippen LogP contribution is 2.22. The summed E-state index contributed by atoms with van der Waals surface area (Å²) in [6, 6.07) is 13.1. The molecule has 0 radical (unpaired) electrons. The SMILES string of the molecule is CC(C)(Oc1ccc(C(=O)c2ccc(Cl)cc2)cc1)C(=O)OCCCCCO[N+](=O)[O-]. The van der Waals surface area contributed by atoms with Gasteiger partial charge in [0.1, 0.15) is 5.75 Å². The number of halogens is 1. The van der Waals surface area contributed by atoms with Gasteiger partial charge in [-0.25, -0.2) is 4.79 Å². The Bertz CT molecular complexity index is 895. The molecule has 8 nitrogen and oxygen atoms in total. The van der Waals surface area contributed by atoms with Crippen LogP contribution >= 0.6 is 11.6 Å². The summed E-state index contributed by atoms with van der Waals surface area (Å²) in [5, 5.41) is 9.77. The number of benzene rings is 2. The molecule has 0 N–H and O–H groups in total. The molecule has 0 aliphatic carbocycles. The van der Waals surface area contributed by atoms with E-state index in [1.54, 1.807) is 62.4 Å². The normalized spacial score (nSPS) is 10.9. The lowest BCUT2D eigenvalue weighted by molar-refractivity contribution is -0.757. The van der Waals surface area contributed by atoms with Gasteiger partial charge in [0.25, 0.3) is 5.09 Å². The molecule has 0 saturated heterocycles. The molecule has 2 aromatic rings. The zero-order valence-corrected chi connectivity index (χ0v) is 18.1. The summed E-state index contributed by atoms with van der Waals surface area (Å²) in [7, 11) is 0. The van der Waals surface area contributed by atoms with Crippen molar-refractivity contribution in [3.8, 4) is 5.75 Å². The molecular formula is C22H24ClNO7. The van der Waals surface area contributed by atoms with Gasteiger partial charge in [-0.3, -0.25) is 4.79 Å². The summed E-state index contributed by atoms with van der Waals surface area (Å²) >= 11 is 5.85. The number of rotatable bonds is 12. The molecule has 0 aliphatic rings. The van der Waals surface area contributed by atoms with Gasteiger partial charge >= 0.3 is 5.97 Å². The highest BCUT2D eigenvalue weighted by atomic mass is 35.5. The number of ether oxygens (including phenoxy) is 2. The molecule has 0 spiro atoms. The Kier molecular flexibility index (Phi) is 8.81. The number of hydrogen-bond donors (Lipinski definition) is 0. The fourth-order valence-electron chi connectivity index (χ4n) is 2.64. The van der Waals surface area contributed by atoms with Crippen LogP contribution in [-0.2, 0) is 14.4 Å². The Morgan fingerprint density at radius 1 is 0.935 bits per heavy atom. The van der Waals surface area contributed by atoms with Crippen molar-refractivity contribution in [2.75, 3.05) is 13.2 Å². The van der Waals surface area contributed by atoms with E-state index in [-0.39, 0.29) is 19.0 Å². The number of hydrogen-bond acceptors (Lipinski definition) is 7. The van der Waals surface area contributed by atoms with Crippen molar-refractivity contribution < 1.29 is 29.0 Å². The van der Waals surface area contributed by atoms with E-state index in [9.17, 15) is 19.7 Å². The summed E-state index contributed by atoms with van der Waals surface area (Å²) in [5.74, 6) is -0.257. The smallest absolute Gasteiger partial charge is 0.349 e. The Morgan fingerprint density at radius 3 is 2.06 bits per heavy atom. The van der Waals surface area contributed by atoms with Crippen molar-refractivity contribution >= 4 is 23.4 Å². The molecule has 31 heavy (non-hydrogen) atoms. The standard InChI is InChI=1S/C22H24ClNO7/c1-22(2,21(26)29-14-4-3-5-15-30-24(27)28)31-19-12-8-17(9-13-19)20(25)16-6-10-18(23)11-7-16/h6-13H,3-5,14-15H2,1-2H3. The van der Waals surface area contributed by atoms with Crippen LogP contribution in [0.1, 0.15) is 49.0 Å². The van der Waals surface area contributed by atoms with Crippen LogP contribution in [0.5, 0.6) is 5.75 Å². The Labute approximate surface area is 185 Å². The Hall–Kier alpha value is -3.13. The summed E-state index contributed by atoms with van der Waals surface area (Å²) in [6.45, 7) is 3.38. The van der Waals surface area contributed by atoms with E-state index in [0.717, 1.165) is 0 Å². The van der Waals surface area contributed by atoms with Crippen LogP contribution in [0.4, 0.5) is 0 Å². The third-order valence-corrected chi connectivity index (χ3v) is 4.56. The number of carbonyl (C=O) groups is 2. The van der Waals surface area contributed by atoms with Crippen LogP contribution in [0.2, 0.25) is 5.02 Å². The monoisotopic (exact) mass is 449 g/mol. The molecule has 0 aromatic heterocycles. The van der Waals surface area contributed by atoms with E-state index >= 15 is 0 Å². The first-order valence-electron chi connectivity index (χ1n) is 9.73. The number of unbranched alkanes of at least 4 members (excludes halogenated alkanes) is 2. The second-order valence-electron chi connectivity index (χ2n) is 7.23. The lowest BCUT2D eigenvalue weighted by Crippen LogP contribution is -2.39. The Balaban J connectivity index is 1.82. The zero-order chi connectivity index (χ0) is 22.9. The van der Waals surface area contributed by atoms with Crippen LogP contribution in [-0.4, -0.2) is 35.7 Å². The van der Waals surface area contributed by atoms with Gasteiger partial charge in [0.2, 0.25) is 0 Å². The second kappa shape index (κ2) is 11.3. The number of nitrogens with zero attached hydrogens (tertiary/aromatic N) is 1. The fourth-order valence-corrected chi connectivity index (χ4v) is 2.76. The van der Waals surface area contributed by atoms with Crippen molar-refractivity contribution in [2.45, 2.75) is 38.7 Å². The van der Waals surface area contributed by atoms with Crippen molar-refractivity contribution in [2.24, 2.45) is 0 Å². The Morgan fingerprint density at radius 2 is 1.48 bits per heavy atom. The van der Waals surface area contributed by atoms with Gasteiger partial charge in [-0.1, -0.05) is 11.6 Å². The van der Waals surface area contributed by atoms with Crippen molar-refractivity contribution in [3.05, 3.63) is 74.8 Å². The lowest BCUT2D eigenvalue weighted by atomic mass is 10.0. The lowest BCUT2D eigenvalue weighted by Gasteiger charge is -2.24.